The van der Waals surface area contributed by atoms with Crippen LogP contribution >= 0.6 is 11.6 Å². The fourth-order valence-electron chi connectivity index (χ4n) is 2.09. The van der Waals surface area contributed by atoms with Crippen LogP contribution in [0.4, 0.5) is 0 Å². The Labute approximate surface area is 125 Å². The van der Waals surface area contributed by atoms with E-state index in [1.165, 1.54) is 0 Å². The Bertz CT molecular complexity index is 582. The van der Waals surface area contributed by atoms with Crippen molar-refractivity contribution in [3.8, 4) is 0 Å². The van der Waals surface area contributed by atoms with E-state index in [1.807, 2.05) is 24.3 Å². The van der Waals surface area contributed by atoms with E-state index in [1.54, 1.807) is 0 Å². The van der Waals surface area contributed by atoms with Crippen LogP contribution < -0.4 is 5.32 Å². The number of hydrogen-bond acceptors (Lipinski definition) is 3. The predicted octanol–water partition coefficient (Wildman–Crippen LogP) is 5.01. The standard InChI is InChI=1S/C16H20ClN3/c1-10-11(2)15(20-19-12(10)3)18-16(4,5)13-6-8-14(17)9-7-13/h6-10,18H,3H2,1-2,4-5H3. The lowest BCUT2D eigenvalue weighted by Crippen LogP contribution is -2.36. The van der Waals surface area contributed by atoms with Crippen LogP contribution in [0.25, 0.3) is 0 Å². The molecule has 0 aromatic heterocycles. The molecule has 1 aromatic carbocycles. The molecule has 20 heavy (non-hydrogen) atoms. The molecule has 0 spiro atoms. The van der Waals surface area contributed by atoms with Gasteiger partial charge in [-0.15, -0.1) is 5.11 Å². The van der Waals surface area contributed by atoms with Crippen LogP contribution in [0.1, 0.15) is 33.3 Å². The molecule has 0 radical (unpaired) electrons. The van der Waals surface area contributed by atoms with Gasteiger partial charge in [-0.3, -0.25) is 0 Å². The maximum absolute atomic E-state index is 5.94. The first kappa shape index (κ1) is 14.8. The van der Waals surface area contributed by atoms with Gasteiger partial charge < -0.3 is 5.32 Å². The third-order valence-electron chi connectivity index (χ3n) is 3.80. The molecule has 1 N–H and O–H groups in total. The molecule has 0 aliphatic carbocycles. The zero-order valence-electron chi connectivity index (χ0n) is 12.4. The fraction of sp³-hybridized carbons (Fsp3) is 0.375. The Balaban J connectivity index is 2.26. The summed E-state index contributed by atoms with van der Waals surface area (Å²) >= 11 is 5.94. The summed E-state index contributed by atoms with van der Waals surface area (Å²) in [5, 5.41) is 12.6. The van der Waals surface area contributed by atoms with Gasteiger partial charge in [0, 0.05) is 10.9 Å². The smallest absolute Gasteiger partial charge is 0.148 e. The minimum atomic E-state index is -0.251. The van der Waals surface area contributed by atoms with Crippen LogP contribution in [0.5, 0.6) is 0 Å². The Morgan fingerprint density at radius 2 is 1.80 bits per heavy atom. The maximum atomic E-state index is 5.94. The number of nitrogens with zero attached hydrogens (tertiary/aromatic N) is 2. The van der Waals surface area contributed by atoms with E-state index < -0.39 is 0 Å². The van der Waals surface area contributed by atoms with Gasteiger partial charge in [-0.2, -0.15) is 5.11 Å². The molecule has 0 amide bonds. The second-order valence-electron chi connectivity index (χ2n) is 5.70. The minimum absolute atomic E-state index is 0.219. The molecule has 0 fully saturated rings. The summed E-state index contributed by atoms with van der Waals surface area (Å²) in [6.07, 6.45) is 0. The van der Waals surface area contributed by atoms with Gasteiger partial charge in [-0.25, -0.2) is 0 Å². The van der Waals surface area contributed by atoms with Crippen LogP contribution in [0.15, 0.2) is 58.2 Å². The number of benzene rings is 1. The monoisotopic (exact) mass is 289 g/mol. The van der Waals surface area contributed by atoms with Crippen molar-refractivity contribution in [1.29, 1.82) is 0 Å². The van der Waals surface area contributed by atoms with Gasteiger partial charge in [0.05, 0.1) is 11.2 Å². The second-order valence-corrected chi connectivity index (χ2v) is 6.14. The summed E-state index contributed by atoms with van der Waals surface area (Å²) < 4.78 is 0. The molecule has 2 rings (SSSR count). The number of halogens is 1. The molecule has 1 aliphatic rings. The largest absolute Gasteiger partial charge is 0.360 e. The average Bonchev–Trinajstić information content (AvgIpc) is 2.40. The number of nitrogens with one attached hydrogen (secondary N) is 1. The molecule has 3 nitrogen and oxygen atoms in total. The van der Waals surface area contributed by atoms with Gasteiger partial charge >= 0.3 is 0 Å². The van der Waals surface area contributed by atoms with E-state index in [2.05, 4.69) is 49.8 Å². The summed E-state index contributed by atoms with van der Waals surface area (Å²) in [6.45, 7) is 12.3. The van der Waals surface area contributed by atoms with Crippen molar-refractivity contribution >= 4 is 11.6 Å². The number of azo groups is 1. The number of rotatable bonds is 3. The Morgan fingerprint density at radius 1 is 1.20 bits per heavy atom. The van der Waals surface area contributed by atoms with Crippen LogP contribution in [0.2, 0.25) is 5.02 Å². The van der Waals surface area contributed by atoms with Crippen molar-refractivity contribution in [2.24, 2.45) is 16.1 Å². The van der Waals surface area contributed by atoms with Crippen LogP contribution in [-0.4, -0.2) is 0 Å². The summed E-state index contributed by atoms with van der Waals surface area (Å²) in [7, 11) is 0. The SMILES string of the molecule is C=C1N=NC(NC(C)(C)c2ccc(Cl)cc2)=C(C)C1C. The zero-order chi connectivity index (χ0) is 14.9. The van der Waals surface area contributed by atoms with Gasteiger partial charge in [0.2, 0.25) is 0 Å². The molecule has 1 aliphatic heterocycles. The van der Waals surface area contributed by atoms with Gasteiger partial charge in [0.15, 0.2) is 0 Å². The van der Waals surface area contributed by atoms with E-state index in [0.717, 1.165) is 27.7 Å². The quantitative estimate of drug-likeness (QED) is 0.834. The molecule has 4 heteroatoms. The van der Waals surface area contributed by atoms with Gasteiger partial charge in [0.25, 0.3) is 0 Å². The van der Waals surface area contributed by atoms with Crippen molar-refractivity contribution < 1.29 is 0 Å². The summed E-state index contributed by atoms with van der Waals surface area (Å²) in [6, 6.07) is 7.84. The highest BCUT2D eigenvalue weighted by Crippen LogP contribution is 2.30. The predicted molar refractivity (Wildman–Crippen MR) is 83.5 cm³/mol. The van der Waals surface area contributed by atoms with Gasteiger partial charge in [0.1, 0.15) is 5.82 Å². The summed E-state index contributed by atoms with van der Waals surface area (Å²) in [4.78, 5) is 0. The first-order chi connectivity index (χ1) is 9.31. The zero-order valence-corrected chi connectivity index (χ0v) is 13.1. The van der Waals surface area contributed by atoms with E-state index >= 15 is 0 Å². The molecule has 0 saturated carbocycles. The Kier molecular flexibility index (Phi) is 4.00. The lowest BCUT2D eigenvalue weighted by molar-refractivity contribution is 0.434. The van der Waals surface area contributed by atoms with E-state index in [0.29, 0.717) is 0 Å². The van der Waals surface area contributed by atoms with Crippen molar-refractivity contribution in [1.82, 2.24) is 5.32 Å². The number of allylic oxidation sites excluding steroid dienone is 1. The van der Waals surface area contributed by atoms with Crippen LogP contribution in [0, 0.1) is 5.92 Å². The molecule has 0 saturated heterocycles. The van der Waals surface area contributed by atoms with Crippen LogP contribution in [-0.2, 0) is 5.54 Å². The van der Waals surface area contributed by atoms with Crippen molar-refractivity contribution in [3.63, 3.8) is 0 Å². The maximum Gasteiger partial charge on any atom is 0.148 e. The van der Waals surface area contributed by atoms with E-state index in [4.69, 9.17) is 11.6 Å². The third-order valence-corrected chi connectivity index (χ3v) is 4.05. The highest BCUT2D eigenvalue weighted by Gasteiger charge is 2.25. The second kappa shape index (κ2) is 5.41. The van der Waals surface area contributed by atoms with Gasteiger partial charge in [-0.1, -0.05) is 37.2 Å². The van der Waals surface area contributed by atoms with Crippen molar-refractivity contribution in [3.05, 3.63) is 58.5 Å². The van der Waals surface area contributed by atoms with E-state index in [-0.39, 0.29) is 11.5 Å². The molecular weight excluding hydrogens is 270 g/mol. The minimum Gasteiger partial charge on any atom is -0.360 e. The molecule has 1 heterocycles. The Hall–Kier alpha value is -1.61. The first-order valence-electron chi connectivity index (χ1n) is 6.67. The summed E-state index contributed by atoms with van der Waals surface area (Å²) in [5.41, 5.74) is 2.86. The van der Waals surface area contributed by atoms with Gasteiger partial charge in [-0.05, 0) is 44.0 Å². The summed E-state index contributed by atoms with van der Waals surface area (Å²) in [5.74, 6) is 1.04. The van der Waals surface area contributed by atoms with E-state index in [9.17, 15) is 0 Å². The highest BCUT2D eigenvalue weighted by molar-refractivity contribution is 6.30. The molecule has 1 atom stereocenters. The van der Waals surface area contributed by atoms with Crippen molar-refractivity contribution in [2.45, 2.75) is 33.2 Å². The Morgan fingerprint density at radius 3 is 2.40 bits per heavy atom. The normalized spacial score (nSPS) is 19.4. The highest BCUT2D eigenvalue weighted by atomic mass is 35.5. The number of hydrogen-bond donors (Lipinski definition) is 1. The van der Waals surface area contributed by atoms with Crippen molar-refractivity contribution in [2.75, 3.05) is 0 Å². The fourth-order valence-corrected chi connectivity index (χ4v) is 2.22. The lowest BCUT2D eigenvalue weighted by Gasteiger charge is -2.30. The third kappa shape index (κ3) is 2.93. The lowest BCUT2D eigenvalue weighted by atomic mass is 9.93. The molecule has 106 valence electrons. The topological polar surface area (TPSA) is 36.8 Å². The molecule has 0 bridgehead atoms. The molecular formula is C16H20ClN3. The first-order valence-corrected chi connectivity index (χ1v) is 7.04. The molecule has 1 aromatic rings. The average molecular weight is 290 g/mol. The molecule has 1 unspecified atom stereocenters. The van der Waals surface area contributed by atoms with Crippen LogP contribution in [0.3, 0.4) is 0 Å².